The fraction of sp³-hybridized carbons (Fsp3) is 0.417. The lowest BCUT2D eigenvalue weighted by Crippen LogP contribution is -2.69. The van der Waals surface area contributed by atoms with Crippen LogP contribution in [0.25, 0.3) is 0 Å². The first-order valence-electron chi connectivity index (χ1n) is 10.3. The molecule has 2 aliphatic rings. The zero-order valence-corrected chi connectivity index (χ0v) is 18.9. The molecular weight excluding hydrogens is 396 g/mol. The van der Waals surface area contributed by atoms with Gasteiger partial charge in [0.1, 0.15) is 11.5 Å². The minimum Gasteiger partial charge on any atom is -0.467 e. The lowest BCUT2D eigenvalue weighted by Gasteiger charge is -2.51. The first-order chi connectivity index (χ1) is 14.1. The average molecular weight is 425 g/mol. The summed E-state index contributed by atoms with van der Waals surface area (Å²) in [7, 11) is 0. The summed E-state index contributed by atoms with van der Waals surface area (Å²) in [6.07, 6.45) is 1.49. The summed E-state index contributed by atoms with van der Waals surface area (Å²) in [5.74, 6) is 1.07. The summed E-state index contributed by atoms with van der Waals surface area (Å²) in [6.45, 7) is 9.75. The topological polar surface area (TPSA) is 59.6 Å². The van der Waals surface area contributed by atoms with Gasteiger partial charge in [-0.1, -0.05) is 30.3 Å². The van der Waals surface area contributed by atoms with Gasteiger partial charge in [-0.15, -0.1) is 0 Å². The number of aryl methyl sites for hydroxylation is 1. The molecule has 0 aromatic heterocycles. The van der Waals surface area contributed by atoms with Crippen LogP contribution in [0, 0.1) is 13.8 Å². The number of benzene rings is 2. The van der Waals surface area contributed by atoms with Gasteiger partial charge in [0.25, 0.3) is 0 Å². The highest BCUT2D eigenvalue weighted by atomic mass is 32.1. The number of carbonyl (C=O) groups excluding carboxylic acids is 1. The molecule has 1 saturated heterocycles. The van der Waals surface area contributed by atoms with E-state index in [-0.39, 0.29) is 17.4 Å². The van der Waals surface area contributed by atoms with Crippen LogP contribution < -0.4 is 20.1 Å². The predicted octanol–water partition coefficient (Wildman–Crippen LogP) is 4.49. The van der Waals surface area contributed by atoms with Gasteiger partial charge >= 0.3 is 5.97 Å². The van der Waals surface area contributed by atoms with Gasteiger partial charge in [0.15, 0.2) is 10.8 Å². The minimum atomic E-state index is -0.647. The zero-order valence-electron chi connectivity index (χ0n) is 18.1. The molecule has 158 valence electrons. The van der Waals surface area contributed by atoms with E-state index in [1.54, 1.807) is 0 Å². The summed E-state index contributed by atoms with van der Waals surface area (Å²) in [5, 5.41) is 7.36. The molecule has 2 atom stereocenters. The monoisotopic (exact) mass is 424 g/mol. The van der Waals surface area contributed by atoms with Crippen molar-refractivity contribution < 1.29 is 14.3 Å². The molecule has 4 rings (SSSR count). The largest absolute Gasteiger partial charge is 0.467 e. The Hall–Kier alpha value is -2.60. The number of hydrogen-bond donors (Lipinski definition) is 2. The maximum atomic E-state index is 11.6. The van der Waals surface area contributed by atoms with Gasteiger partial charge in [-0.2, -0.15) is 0 Å². The second-order valence-corrected chi connectivity index (χ2v) is 9.46. The molecule has 6 heteroatoms. The molecule has 0 amide bonds. The maximum Gasteiger partial charge on any atom is 0.308 e. The molecule has 2 N–H and O–H groups in total. The van der Waals surface area contributed by atoms with Crippen molar-refractivity contribution in [2.45, 2.75) is 64.6 Å². The highest BCUT2D eigenvalue weighted by molar-refractivity contribution is 7.80. The van der Waals surface area contributed by atoms with Crippen LogP contribution in [0.4, 0.5) is 0 Å². The van der Waals surface area contributed by atoms with Crippen molar-refractivity contribution in [3.63, 3.8) is 0 Å². The summed E-state index contributed by atoms with van der Waals surface area (Å²) in [5.41, 5.74) is 3.58. The Balaban J connectivity index is 1.88. The Kier molecular flexibility index (Phi) is 5.01. The van der Waals surface area contributed by atoms with E-state index in [0.29, 0.717) is 10.9 Å². The standard InChI is InChI=1S/C24H28N2O3S/c1-14-8-6-7-9-17(14)19-12-24(13-23(4,5)25-22(30)26-24)29-21-15(2)20(28-16(3)27)11-10-18(19)21/h6-11,19H,12-13H2,1-5H3,(H2,25,26,30)/t19-,24-/m0/s1. The van der Waals surface area contributed by atoms with Gasteiger partial charge in [-0.05, 0) is 57.1 Å². The third-order valence-corrected chi connectivity index (χ3v) is 6.14. The fourth-order valence-electron chi connectivity index (χ4n) is 4.83. The van der Waals surface area contributed by atoms with Crippen molar-refractivity contribution in [1.82, 2.24) is 10.6 Å². The number of hydrogen-bond acceptors (Lipinski definition) is 4. The number of thiocarbonyl (C=S) groups is 1. The molecule has 0 saturated carbocycles. The summed E-state index contributed by atoms with van der Waals surface area (Å²) in [4.78, 5) is 11.6. The van der Waals surface area contributed by atoms with Crippen LogP contribution in [-0.4, -0.2) is 22.3 Å². The molecule has 30 heavy (non-hydrogen) atoms. The van der Waals surface area contributed by atoms with Crippen LogP contribution in [0.1, 0.15) is 61.8 Å². The van der Waals surface area contributed by atoms with Gasteiger partial charge in [0.2, 0.25) is 0 Å². The molecule has 2 aromatic carbocycles. The van der Waals surface area contributed by atoms with E-state index in [1.165, 1.54) is 18.1 Å². The minimum absolute atomic E-state index is 0.129. The molecule has 5 nitrogen and oxygen atoms in total. The van der Waals surface area contributed by atoms with Gasteiger partial charge in [0.05, 0.1) is 0 Å². The number of carbonyl (C=O) groups is 1. The van der Waals surface area contributed by atoms with E-state index in [9.17, 15) is 4.79 Å². The van der Waals surface area contributed by atoms with E-state index in [2.05, 4.69) is 55.7 Å². The smallest absolute Gasteiger partial charge is 0.308 e. The Morgan fingerprint density at radius 1 is 1.13 bits per heavy atom. The van der Waals surface area contributed by atoms with Crippen LogP contribution >= 0.6 is 12.2 Å². The van der Waals surface area contributed by atoms with Crippen molar-refractivity contribution in [3.8, 4) is 11.5 Å². The van der Waals surface area contributed by atoms with Crippen LogP contribution in [0.3, 0.4) is 0 Å². The van der Waals surface area contributed by atoms with Gasteiger partial charge < -0.3 is 20.1 Å². The molecule has 2 aromatic rings. The van der Waals surface area contributed by atoms with Gasteiger partial charge in [0, 0.05) is 42.3 Å². The van der Waals surface area contributed by atoms with E-state index in [4.69, 9.17) is 21.7 Å². The normalized spacial score (nSPS) is 24.3. The van der Waals surface area contributed by atoms with Gasteiger partial charge in [-0.3, -0.25) is 4.79 Å². The van der Waals surface area contributed by atoms with E-state index in [0.717, 1.165) is 29.7 Å². The first-order valence-corrected chi connectivity index (χ1v) is 10.7. The van der Waals surface area contributed by atoms with E-state index >= 15 is 0 Å². The van der Waals surface area contributed by atoms with Crippen LogP contribution in [-0.2, 0) is 4.79 Å². The molecule has 0 radical (unpaired) electrons. The summed E-state index contributed by atoms with van der Waals surface area (Å²) in [6, 6.07) is 12.4. The molecule has 2 aliphatic heterocycles. The molecular formula is C24H28N2O3S. The average Bonchev–Trinajstić information content (AvgIpc) is 2.62. The Bertz CT molecular complexity index is 1030. The lowest BCUT2D eigenvalue weighted by atomic mass is 9.76. The Morgan fingerprint density at radius 3 is 2.53 bits per heavy atom. The molecule has 0 aliphatic carbocycles. The third-order valence-electron chi connectivity index (χ3n) is 5.93. The molecule has 1 fully saturated rings. The third kappa shape index (κ3) is 3.76. The molecule has 1 spiro atoms. The highest BCUT2D eigenvalue weighted by Crippen LogP contribution is 2.50. The Labute approximate surface area is 183 Å². The predicted molar refractivity (Wildman–Crippen MR) is 121 cm³/mol. The second kappa shape index (κ2) is 7.27. The van der Waals surface area contributed by atoms with Crippen molar-refractivity contribution in [1.29, 1.82) is 0 Å². The molecule has 0 unspecified atom stereocenters. The number of fused-ring (bicyclic) bond motifs is 1. The molecule has 0 bridgehead atoms. The lowest BCUT2D eigenvalue weighted by molar-refractivity contribution is -0.131. The van der Waals surface area contributed by atoms with Crippen LogP contribution in [0.2, 0.25) is 0 Å². The van der Waals surface area contributed by atoms with E-state index < -0.39 is 5.72 Å². The first kappa shape index (κ1) is 20.7. The summed E-state index contributed by atoms with van der Waals surface area (Å²) < 4.78 is 12.1. The van der Waals surface area contributed by atoms with Crippen LogP contribution in [0.15, 0.2) is 36.4 Å². The van der Waals surface area contributed by atoms with Crippen molar-refractivity contribution in [2.75, 3.05) is 0 Å². The highest BCUT2D eigenvalue weighted by Gasteiger charge is 2.49. The zero-order chi connectivity index (χ0) is 21.7. The number of rotatable bonds is 2. The summed E-state index contributed by atoms with van der Waals surface area (Å²) >= 11 is 5.53. The number of esters is 1. The van der Waals surface area contributed by atoms with Crippen LogP contribution in [0.5, 0.6) is 11.5 Å². The number of nitrogens with one attached hydrogen (secondary N) is 2. The van der Waals surface area contributed by atoms with Crippen molar-refractivity contribution in [3.05, 3.63) is 58.7 Å². The fourth-order valence-corrected chi connectivity index (χ4v) is 5.30. The van der Waals surface area contributed by atoms with Crippen molar-refractivity contribution in [2.24, 2.45) is 0 Å². The number of ether oxygens (including phenoxy) is 2. The maximum absolute atomic E-state index is 11.6. The van der Waals surface area contributed by atoms with Gasteiger partial charge in [-0.25, -0.2) is 0 Å². The Morgan fingerprint density at radius 2 is 1.87 bits per heavy atom. The van der Waals surface area contributed by atoms with Crippen molar-refractivity contribution >= 4 is 23.3 Å². The van der Waals surface area contributed by atoms with E-state index in [1.807, 2.05) is 19.1 Å². The molecule has 2 heterocycles. The SMILES string of the molecule is CC(=O)Oc1ccc2c(c1C)O[C@@]1(C[C@H]2c2ccccc2C)CC(C)(C)NC(=S)N1. The quantitative estimate of drug-likeness (QED) is 0.421. The second-order valence-electron chi connectivity index (χ2n) is 9.05.